The maximum Gasteiger partial charge on any atom is 0.337 e. The average molecular weight is 387 g/mol. The van der Waals surface area contributed by atoms with Gasteiger partial charge in [0.1, 0.15) is 0 Å². The van der Waals surface area contributed by atoms with Crippen LogP contribution in [-0.4, -0.2) is 87.6 Å². The number of carboxylic acids is 3. The van der Waals surface area contributed by atoms with Gasteiger partial charge in [0.15, 0.2) is 5.60 Å². The van der Waals surface area contributed by atoms with E-state index in [1.54, 1.807) is 0 Å². The number of carboxylic acid groups (broad SMARTS) is 3. The molecule has 0 spiro atoms. The van der Waals surface area contributed by atoms with E-state index in [0.717, 1.165) is 10.8 Å². The lowest BCUT2D eigenvalue weighted by Gasteiger charge is -2.40. The molecule has 0 fully saturated rings. The number of ether oxygens (including phenoxy) is 1. The number of carbonyl (C=O) groups is 3. The van der Waals surface area contributed by atoms with Crippen LogP contribution >= 0.6 is 20.1 Å². The van der Waals surface area contributed by atoms with E-state index in [1.807, 2.05) is 0 Å². The van der Waals surface area contributed by atoms with E-state index >= 15 is 0 Å². The highest BCUT2D eigenvalue weighted by Crippen LogP contribution is 2.53. The third kappa shape index (κ3) is 9.39. The van der Waals surface area contributed by atoms with Gasteiger partial charge in [-0.15, -0.1) is 0 Å². The first-order valence-electron chi connectivity index (χ1n) is 7.35. The Morgan fingerprint density at radius 3 is 1.71 bits per heavy atom. The fourth-order valence-corrected chi connectivity index (χ4v) is 11.6. The zero-order valence-electron chi connectivity index (χ0n) is 15.0. The van der Waals surface area contributed by atoms with Gasteiger partial charge in [0.05, 0.1) is 12.8 Å². The van der Waals surface area contributed by atoms with Gasteiger partial charge >= 0.3 is 17.9 Å². The summed E-state index contributed by atoms with van der Waals surface area (Å²) in [5.74, 6) is -3.49. The molecule has 0 unspecified atom stereocenters. The zero-order chi connectivity index (χ0) is 19.2. The smallest absolute Gasteiger partial charge is 0.337 e. The molecule has 0 radical (unpaired) electrons. The van der Waals surface area contributed by atoms with Gasteiger partial charge < -0.3 is 20.1 Å². The van der Waals surface area contributed by atoms with Crippen LogP contribution in [0.1, 0.15) is 19.3 Å². The summed E-state index contributed by atoms with van der Waals surface area (Å²) in [4.78, 5) is 33.3. The van der Waals surface area contributed by atoms with Crippen molar-refractivity contribution in [1.82, 2.24) is 0 Å². The highest BCUT2D eigenvalue weighted by molar-refractivity contribution is 8.47. The van der Waals surface area contributed by atoms with Crippen LogP contribution < -0.4 is 0 Å². The Morgan fingerprint density at radius 2 is 1.38 bits per heavy atom. The highest BCUT2D eigenvalue weighted by Gasteiger charge is 2.44. The maximum atomic E-state index is 11.4. The van der Waals surface area contributed by atoms with Gasteiger partial charge in [0.25, 0.3) is 0 Å². The first-order valence-corrected chi connectivity index (χ1v) is 13.2. The number of hydrogen-bond donors (Lipinski definition) is 3. The molecule has 7 nitrogen and oxygen atoms in total. The summed E-state index contributed by atoms with van der Waals surface area (Å²) >= 11 is 0. The lowest BCUT2D eigenvalue weighted by molar-refractivity contribution is -0.178. The number of hydrogen-bond acceptors (Lipinski definition) is 4. The third-order valence-corrected chi connectivity index (χ3v) is 9.93. The largest absolute Gasteiger partial charge is 0.481 e. The van der Waals surface area contributed by atoms with E-state index in [0.29, 0.717) is 6.42 Å². The van der Waals surface area contributed by atoms with Gasteiger partial charge in [-0.1, -0.05) is 0 Å². The van der Waals surface area contributed by atoms with Crippen molar-refractivity contribution in [3.05, 3.63) is 0 Å². The fourth-order valence-electron chi connectivity index (χ4n) is 2.60. The van der Waals surface area contributed by atoms with Crippen molar-refractivity contribution in [1.29, 1.82) is 0 Å². The lowest BCUT2D eigenvalue weighted by atomic mass is 9.95. The first-order chi connectivity index (χ1) is 10.7. The number of aliphatic carboxylic acids is 3. The molecule has 0 bridgehead atoms. The van der Waals surface area contributed by atoms with Gasteiger partial charge in [0.2, 0.25) is 0 Å². The first kappa shape index (κ1) is 23.1. The SMILES string of the molecule is CS(C)(C)CS(C)(C)CCCOC(CC(=O)O)(CC(=O)O)C(=O)O. The second kappa shape index (κ2) is 8.96. The van der Waals surface area contributed by atoms with Gasteiger partial charge in [-0.3, -0.25) is 9.59 Å². The Labute approximate surface area is 146 Å². The molecule has 0 aliphatic rings. The van der Waals surface area contributed by atoms with E-state index in [9.17, 15) is 19.5 Å². The summed E-state index contributed by atoms with van der Waals surface area (Å²) in [6.07, 6.45) is 9.98. The molecule has 0 amide bonds. The minimum Gasteiger partial charge on any atom is -0.481 e. The Morgan fingerprint density at radius 1 is 0.917 bits per heavy atom. The van der Waals surface area contributed by atoms with Crippen molar-refractivity contribution in [3.63, 3.8) is 0 Å². The molecule has 0 aromatic heterocycles. The molecule has 0 saturated heterocycles. The second-order valence-electron chi connectivity index (χ2n) is 7.32. The van der Waals surface area contributed by atoms with E-state index in [4.69, 9.17) is 14.9 Å². The Kier molecular flexibility index (Phi) is 8.61. The minimum absolute atomic E-state index is 0.0305. The van der Waals surface area contributed by atoms with Crippen molar-refractivity contribution >= 4 is 38.0 Å². The van der Waals surface area contributed by atoms with Crippen molar-refractivity contribution in [2.45, 2.75) is 24.9 Å². The third-order valence-electron chi connectivity index (χ3n) is 3.16. The monoisotopic (exact) mass is 386 g/mol. The van der Waals surface area contributed by atoms with Crippen LogP contribution in [0.15, 0.2) is 0 Å². The molecule has 0 aromatic carbocycles. The van der Waals surface area contributed by atoms with Gasteiger partial charge in [0, 0.05) is 11.7 Å². The Balaban J connectivity index is 4.81. The molecule has 0 saturated carbocycles. The summed E-state index contributed by atoms with van der Waals surface area (Å²) < 4.78 is 5.30. The molecule has 0 aliphatic heterocycles. The van der Waals surface area contributed by atoms with Crippen LogP contribution in [-0.2, 0) is 19.1 Å². The molecule has 9 heteroatoms. The molecular formula is C15H30O7S2. The molecule has 0 atom stereocenters. The van der Waals surface area contributed by atoms with Crippen LogP contribution in [0.5, 0.6) is 0 Å². The lowest BCUT2D eigenvalue weighted by Crippen LogP contribution is -2.46. The second-order valence-corrected chi connectivity index (χ2v) is 16.4. The Hall–Kier alpha value is -0.930. The predicted molar refractivity (Wildman–Crippen MR) is 100.0 cm³/mol. The van der Waals surface area contributed by atoms with Crippen molar-refractivity contribution in [3.8, 4) is 0 Å². The maximum absolute atomic E-state index is 11.4. The Bertz CT molecular complexity index is 453. The average Bonchev–Trinajstić information content (AvgIpc) is 2.29. The summed E-state index contributed by atoms with van der Waals surface area (Å²) in [6, 6.07) is 0. The van der Waals surface area contributed by atoms with E-state index in [1.165, 1.54) is 0 Å². The molecule has 0 heterocycles. The molecule has 0 aromatic rings. The summed E-state index contributed by atoms with van der Waals surface area (Å²) in [5.41, 5.74) is -2.22. The molecule has 3 N–H and O–H groups in total. The van der Waals surface area contributed by atoms with E-state index in [2.05, 4.69) is 31.3 Å². The van der Waals surface area contributed by atoms with Crippen LogP contribution in [0.25, 0.3) is 0 Å². The van der Waals surface area contributed by atoms with Crippen molar-refractivity contribution < 1.29 is 34.4 Å². The molecule has 0 aliphatic carbocycles. The molecule has 144 valence electrons. The van der Waals surface area contributed by atoms with Crippen LogP contribution in [0.3, 0.4) is 0 Å². The minimum atomic E-state index is -2.22. The van der Waals surface area contributed by atoms with E-state index < -0.39 is 56.4 Å². The normalized spacial score (nSPS) is 14.2. The topological polar surface area (TPSA) is 121 Å². The quantitative estimate of drug-likeness (QED) is 0.438. The predicted octanol–water partition coefficient (Wildman–Crippen LogP) is 1.88. The van der Waals surface area contributed by atoms with Crippen LogP contribution in [0.4, 0.5) is 0 Å². The molecule has 0 rings (SSSR count). The van der Waals surface area contributed by atoms with Gasteiger partial charge in [-0.25, -0.2) is 24.9 Å². The van der Waals surface area contributed by atoms with Crippen molar-refractivity contribution in [2.75, 3.05) is 48.7 Å². The van der Waals surface area contributed by atoms with E-state index in [-0.39, 0.29) is 6.61 Å². The van der Waals surface area contributed by atoms with Crippen LogP contribution in [0.2, 0.25) is 0 Å². The summed E-state index contributed by atoms with van der Waals surface area (Å²) in [7, 11) is -1.49. The fraction of sp³-hybridized carbons (Fsp3) is 0.800. The standard InChI is InChI=1S/C15H30O7S2/c1-23(2,3)11-24(4,5)8-6-7-22-15(14(20)21,9-12(16)17)10-13(18)19/h6-11H2,1-5H3,(H,16,17)(H,18,19)(H,20,21). The molecule has 24 heavy (non-hydrogen) atoms. The molecular weight excluding hydrogens is 356 g/mol. The number of rotatable bonds is 12. The summed E-state index contributed by atoms with van der Waals surface area (Å²) in [6.45, 7) is 0.0305. The highest BCUT2D eigenvalue weighted by atomic mass is 32.3. The zero-order valence-corrected chi connectivity index (χ0v) is 16.7. The summed E-state index contributed by atoms with van der Waals surface area (Å²) in [5, 5.41) is 28.2. The van der Waals surface area contributed by atoms with Crippen LogP contribution in [0, 0.1) is 0 Å². The van der Waals surface area contributed by atoms with Crippen molar-refractivity contribution in [2.24, 2.45) is 0 Å². The van der Waals surface area contributed by atoms with Gasteiger partial charge in [-0.05, 0) is 43.5 Å². The van der Waals surface area contributed by atoms with Gasteiger partial charge in [-0.2, -0.15) is 0 Å².